The van der Waals surface area contributed by atoms with Crippen molar-refractivity contribution in [2.45, 2.75) is 38.0 Å². The molecule has 3 fully saturated rings. The van der Waals surface area contributed by atoms with E-state index in [2.05, 4.69) is 0 Å². The quantitative estimate of drug-likeness (QED) is 0.844. The summed E-state index contributed by atoms with van der Waals surface area (Å²) in [6.07, 6.45) is 2.96. The molecule has 3 aliphatic rings. The first-order valence-electron chi connectivity index (χ1n) is 8.56. The third-order valence-electron chi connectivity index (χ3n) is 5.41. The third-order valence-corrected chi connectivity index (χ3v) is 5.41. The lowest BCUT2D eigenvalue weighted by Gasteiger charge is -2.36. The monoisotopic (exact) mass is 332 g/mol. The Hall–Kier alpha value is -1.95. The highest BCUT2D eigenvalue weighted by Gasteiger charge is 2.45. The Kier molecular flexibility index (Phi) is 4.00. The molecule has 0 aromatic heterocycles. The Morgan fingerprint density at radius 2 is 1.96 bits per heavy atom. The maximum Gasteiger partial charge on any atom is 0.249 e. The van der Waals surface area contributed by atoms with Crippen LogP contribution in [0, 0.1) is 11.7 Å². The number of carbonyl (C=O) groups excluding carboxylic acids is 2. The van der Waals surface area contributed by atoms with Crippen molar-refractivity contribution in [2.24, 2.45) is 5.92 Å². The fourth-order valence-corrected chi connectivity index (χ4v) is 3.75. The smallest absolute Gasteiger partial charge is 0.249 e. The largest absolute Gasteiger partial charge is 0.364 e. The van der Waals surface area contributed by atoms with Gasteiger partial charge in [0.1, 0.15) is 12.4 Å². The summed E-state index contributed by atoms with van der Waals surface area (Å²) in [5.74, 6) is 0.00131. The van der Waals surface area contributed by atoms with Gasteiger partial charge in [-0.05, 0) is 30.5 Å². The molecule has 0 bridgehead atoms. The molecule has 1 aliphatic carbocycles. The van der Waals surface area contributed by atoms with Gasteiger partial charge >= 0.3 is 0 Å². The first-order chi connectivity index (χ1) is 11.6. The summed E-state index contributed by atoms with van der Waals surface area (Å²) >= 11 is 0. The van der Waals surface area contributed by atoms with Crippen LogP contribution in [0.25, 0.3) is 0 Å². The topological polar surface area (TPSA) is 49.9 Å². The van der Waals surface area contributed by atoms with Gasteiger partial charge in [-0.25, -0.2) is 4.39 Å². The molecule has 2 amide bonds. The highest BCUT2D eigenvalue weighted by Crippen LogP contribution is 2.32. The Morgan fingerprint density at radius 1 is 1.21 bits per heavy atom. The molecule has 1 aromatic rings. The molecule has 2 aliphatic heterocycles. The first-order valence-corrected chi connectivity index (χ1v) is 8.56. The van der Waals surface area contributed by atoms with E-state index < -0.39 is 0 Å². The van der Waals surface area contributed by atoms with Crippen molar-refractivity contribution in [2.75, 3.05) is 19.7 Å². The predicted octanol–water partition coefficient (Wildman–Crippen LogP) is 1.56. The van der Waals surface area contributed by atoms with Crippen LogP contribution in [0.15, 0.2) is 24.3 Å². The fourth-order valence-electron chi connectivity index (χ4n) is 3.75. The molecule has 6 heteroatoms. The molecule has 1 saturated carbocycles. The van der Waals surface area contributed by atoms with Crippen molar-refractivity contribution >= 4 is 11.8 Å². The molecule has 4 rings (SSSR count). The lowest BCUT2D eigenvalue weighted by atomic mass is 9.84. The number of amides is 2. The number of benzene rings is 1. The van der Waals surface area contributed by atoms with Crippen molar-refractivity contribution in [3.8, 4) is 0 Å². The van der Waals surface area contributed by atoms with E-state index >= 15 is 0 Å². The summed E-state index contributed by atoms with van der Waals surface area (Å²) < 4.78 is 18.7. The van der Waals surface area contributed by atoms with Gasteiger partial charge in [-0.3, -0.25) is 9.59 Å². The zero-order valence-electron chi connectivity index (χ0n) is 13.5. The van der Waals surface area contributed by atoms with Crippen molar-refractivity contribution in [1.82, 2.24) is 9.80 Å². The molecule has 2 saturated heterocycles. The van der Waals surface area contributed by atoms with E-state index in [9.17, 15) is 14.0 Å². The number of halogens is 1. The highest BCUT2D eigenvalue weighted by molar-refractivity contribution is 5.81. The molecule has 2 heterocycles. The summed E-state index contributed by atoms with van der Waals surface area (Å²) in [4.78, 5) is 28.4. The van der Waals surface area contributed by atoms with E-state index in [4.69, 9.17) is 4.74 Å². The van der Waals surface area contributed by atoms with Gasteiger partial charge in [0.25, 0.3) is 0 Å². The number of morpholine rings is 1. The van der Waals surface area contributed by atoms with Gasteiger partial charge in [-0.1, -0.05) is 18.6 Å². The second-order valence-corrected chi connectivity index (χ2v) is 6.94. The Balaban J connectivity index is 1.48. The van der Waals surface area contributed by atoms with Crippen molar-refractivity contribution < 1.29 is 18.7 Å². The Labute approximate surface area is 140 Å². The average Bonchev–Trinajstić information content (AvgIpc) is 2.95. The Morgan fingerprint density at radius 3 is 2.62 bits per heavy atom. The number of ether oxygens (including phenoxy) is 1. The van der Waals surface area contributed by atoms with Gasteiger partial charge in [0.15, 0.2) is 0 Å². The summed E-state index contributed by atoms with van der Waals surface area (Å²) in [6.45, 7) is 1.57. The van der Waals surface area contributed by atoms with E-state index in [1.807, 2.05) is 4.90 Å². The van der Waals surface area contributed by atoms with Crippen molar-refractivity contribution in [1.29, 1.82) is 0 Å². The van der Waals surface area contributed by atoms with E-state index in [0.717, 1.165) is 24.8 Å². The molecule has 5 nitrogen and oxygen atoms in total. The van der Waals surface area contributed by atoms with Crippen LogP contribution >= 0.6 is 0 Å². The molecule has 0 radical (unpaired) electrons. The van der Waals surface area contributed by atoms with Crippen LogP contribution in [0.2, 0.25) is 0 Å². The lowest BCUT2D eigenvalue weighted by Crippen LogP contribution is -2.53. The minimum Gasteiger partial charge on any atom is -0.364 e. The van der Waals surface area contributed by atoms with Gasteiger partial charge in [0.2, 0.25) is 11.8 Å². The fraction of sp³-hybridized carbons (Fsp3) is 0.556. The molecule has 2 atom stereocenters. The molecule has 24 heavy (non-hydrogen) atoms. The van der Waals surface area contributed by atoms with Crippen molar-refractivity contribution in [3.05, 3.63) is 35.6 Å². The lowest BCUT2D eigenvalue weighted by molar-refractivity contribution is -0.153. The van der Waals surface area contributed by atoms with Gasteiger partial charge in [0.05, 0.1) is 12.1 Å². The van der Waals surface area contributed by atoms with E-state index in [1.54, 1.807) is 17.0 Å². The highest BCUT2D eigenvalue weighted by atomic mass is 19.1. The number of rotatable bonds is 3. The minimum atomic E-state index is -0.289. The molecule has 0 spiro atoms. The number of fused-ring (bicyclic) bond motifs is 1. The van der Waals surface area contributed by atoms with Crippen LogP contribution in [-0.2, 0) is 20.9 Å². The summed E-state index contributed by atoms with van der Waals surface area (Å²) in [7, 11) is 0. The van der Waals surface area contributed by atoms with Gasteiger partial charge in [-0.2, -0.15) is 0 Å². The second-order valence-electron chi connectivity index (χ2n) is 6.94. The predicted molar refractivity (Wildman–Crippen MR) is 84.4 cm³/mol. The van der Waals surface area contributed by atoms with Crippen molar-refractivity contribution in [3.63, 3.8) is 0 Å². The van der Waals surface area contributed by atoms with Crippen LogP contribution in [0.5, 0.6) is 0 Å². The third kappa shape index (κ3) is 2.79. The molecule has 128 valence electrons. The molecular formula is C18H21FN2O3. The molecule has 1 aromatic carbocycles. The number of carbonyl (C=O) groups is 2. The summed E-state index contributed by atoms with van der Waals surface area (Å²) in [5, 5.41) is 0. The number of nitrogens with zero attached hydrogens (tertiary/aromatic N) is 2. The van der Waals surface area contributed by atoms with Crippen LogP contribution in [-0.4, -0.2) is 53.5 Å². The van der Waals surface area contributed by atoms with E-state index in [-0.39, 0.29) is 42.3 Å². The second kappa shape index (κ2) is 6.16. The maximum absolute atomic E-state index is 13.1. The van der Waals surface area contributed by atoms with E-state index in [1.165, 1.54) is 12.1 Å². The Bertz CT molecular complexity index is 644. The number of hydrogen-bond donors (Lipinski definition) is 0. The van der Waals surface area contributed by atoms with Gasteiger partial charge < -0.3 is 14.5 Å². The first kappa shape index (κ1) is 15.6. The average molecular weight is 332 g/mol. The number of hydrogen-bond acceptors (Lipinski definition) is 3. The SMILES string of the molecule is O=C(C1CCC1)N1C[C@@H]2[C@@H](C1)OCC(=O)N2Cc1ccc(F)cc1. The maximum atomic E-state index is 13.1. The van der Waals surface area contributed by atoms with Gasteiger partial charge in [-0.15, -0.1) is 0 Å². The molecular weight excluding hydrogens is 311 g/mol. The molecule has 0 unspecified atom stereocenters. The zero-order valence-corrected chi connectivity index (χ0v) is 13.5. The normalized spacial score (nSPS) is 27.1. The van der Waals surface area contributed by atoms with Crippen LogP contribution < -0.4 is 0 Å². The summed E-state index contributed by atoms with van der Waals surface area (Å²) in [5.41, 5.74) is 0.883. The number of likely N-dealkylation sites (tertiary alicyclic amines) is 1. The van der Waals surface area contributed by atoms with Gasteiger partial charge in [0, 0.05) is 25.6 Å². The molecule has 0 N–H and O–H groups in total. The van der Waals surface area contributed by atoms with Crippen LogP contribution in [0.4, 0.5) is 4.39 Å². The summed E-state index contributed by atoms with van der Waals surface area (Å²) in [6, 6.07) is 6.08. The standard InChI is InChI=1S/C18H21FN2O3/c19-14-6-4-12(5-7-14)8-21-15-9-20(18(23)13-2-1-3-13)10-16(15)24-11-17(21)22/h4-7,13,15-16H,1-3,8-11H2/t15-,16-/m1/s1. The zero-order chi connectivity index (χ0) is 16.7. The van der Waals surface area contributed by atoms with E-state index in [0.29, 0.717) is 19.6 Å². The van der Waals surface area contributed by atoms with Crippen LogP contribution in [0.3, 0.4) is 0 Å². The minimum absolute atomic E-state index is 0.0494. The van der Waals surface area contributed by atoms with Crippen LogP contribution in [0.1, 0.15) is 24.8 Å².